The summed E-state index contributed by atoms with van der Waals surface area (Å²) < 4.78 is 15.9. The van der Waals surface area contributed by atoms with Gasteiger partial charge in [0.1, 0.15) is 51.3 Å². The van der Waals surface area contributed by atoms with Crippen molar-refractivity contribution in [3.05, 3.63) is 241 Å². The van der Waals surface area contributed by atoms with E-state index in [2.05, 4.69) is 0 Å². The van der Waals surface area contributed by atoms with Gasteiger partial charge in [-0.25, -0.2) is 14.4 Å². The molecule has 0 bridgehead atoms. The molecular formula is C57H45LaN3O18. The minimum Gasteiger partial charge on any atom is -0.507 e. The molecule has 0 fully saturated rings. The molecule has 79 heavy (non-hydrogen) atoms. The number of carbonyl (C=O) groups excluding carboxylic acids is 3. The smallest absolute Gasteiger partial charge is 0.343 e. The van der Waals surface area contributed by atoms with E-state index in [1.807, 2.05) is 0 Å². The Morgan fingerprint density at radius 3 is 0.823 bits per heavy atom. The Hall–Kier alpha value is -9.25. The maximum atomic E-state index is 12.5. The van der Waals surface area contributed by atoms with Crippen molar-refractivity contribution in [3.63, 3.8) is 0 Å². The van der Waals surface area contributed by atoms with E-state index in [0.29, 0.717) is 32.8 Å². The Labute approximate surface area is 473 Å². The van der Waals surface area contributed by atoms with Crippen LogP contribution in [0.2, 0.25) is 0 Å². The number of hydrogen-bond donors (Lipinski definition) is 3. The second kappa shape index (κ2) is 25.7. The standard InChI is InChI=1S/3C19H15NO6.La/c3*1-11(21)10-15(12-6-8-13(9-7-12)20(24)25)17-18(22)14-4-2-3-5-16(14)26-19(17)23;/h3*2-9,15,22H,10H2,1H3;. The quantitative estimate of drug-likeness (QED) is 0.0488. The van der Waals surface area contributed by atoms with Gasteiger partial charge < -0.3 is 28.6 Å². The van der Waals surface area contributed by atoms with E-state index in [4.69, 9.17) is 13.3 Å². The number of para-hydroxylation sites is 3. The van der Waals surface area contributed by atoms with E-state index in [9.17, 15) is 74.4 Å². The zero-order chi connectivity index (χ0) is 56.5. The number of carbonyl (C=O) groups is 3. The van der Waals surface area contributed by atoms with Gasteiger partial charge in [-0.05, 0) is 73.9 Å². The molecule has 21 nitrogen and oxygen atoms in total. The fraction of sp³-hybridized carbons (Fsp3) is 0.158. The summed E-state index contributed by atoms with van der Waals surface area (Å²) in [5, 5.41) is 65.5. The second-order valence-corrected chi connectivity index (χ2v) is 17.9. The molecule has 0 aliphatic rings. The van der Waals surface area contributed by atoms with Crippen LogP contribution in [0.3, 0.4) is 0 Å². The topological polar surface area (TPSA) is 332 Å². The SMILES string of the molecule is CC(=O)CC(c1ccc([N+](=O)[O-])cc1)c1c(O)c2ccccc2oc1=O.CC(=O)CC(c1ccc([N+](=O)[O-])cc1)c1c(O)c2ccccc2oc1=O.CC(=O)CC(c1ccc([N+](=O)[O-])cc1)c1c(O)c2ccccc2oc1=O.[La]. The van der Waals surface area contributed by atoms with Gasteiger partial charge in [0.25, 0.3) is 17.1 Å². The molecule has 0 saturated carbocycles. The van der Waals surface area contributed by atoms with E-state index in [1.165, 1.54) is 93.6 Å². The van der Waals surface area contributed by atoms with Crippen molar-refractivity contribution < 1.29 is 93.3 Å². The van der Waals surface area contributed by atoms with Crippen LogP contribution in [-0.2, 0) is 14.4 Å². The van der Waals surface area contributed by atoms with Crippen LogP contribution in [0.15, 0.2) is 173 Å². The Kier molecular flexibility index (Phi) is 19.2. The van der Waals surface area contributed by atoms with Crippen molar-refractivity contribution in [1.82, 2.24) is 0 Å². The molecule has 0 aliphatic heterocycles. The molecule has 1 radical (unpaired) electrons. The summed E-state index contributed by atoms with van der Waals surface area (Å²) in [7, 11) is 0. The van der Waals surface area contributed by atoms with Gasteiger partial charge in [0.15, 0.2) is 0 Å². The van der Waals surface area contributed by atoms with E-state index >= 15 is 0 Å². The number of ketones is 3. The molecule has 399 valence electrons. The molecule has 3 atom stereocenters. The van der Waals surface area contributed by atoms with Gasteiger partial charge in [0, 0.05) is 109 Å². The Balaban J connectivity index is 0.000000190. The van der Waals surface area contributed by atoms with Gasteiger partial charge in [0.05, 0.1) is 47.6 Å². The monoisotopic (exact) mass is 1200 g/mol. The minimum atomic E-state index is -0.769. The molecule has 3 aromatic heterocycles. The molecule has 9 rings (SSSR count). The average Bonchev–Trinajstić information content (AvgIpc) is 3.54. The first kappa shape index (κ1) is 59.0. The van der Waals surface area contributed by atoms with Gasteiger partial charge in [-0.2, -0.15) is 0 Å². The largest absolute Gasteiger partial charge is 0.507 e. The molecule has 0 spiro atoms. The fourth-order valence-corrected chi connectivity index (χ4v) is 8.87. The van der Waals surface area contributed by atoms with Gasteiger partial charge in [0.2, 0.25) is 0 Å². The number of aromatic hydroxyl groups is 3. The van der Waals surface area contributed by atoms with Crippen molar-refractivity contribution in [2.45, 2.75) is 57.8 Å². The number of nitro groups is 3. The summed E-state index contributed by atoms with van der Waals surface area (Å²) in [4.78, 5) is 104. The zero-order valence-electron chi connectivity index (χ0n) is 42.1. The van der Waals surface area contributed by atoms with Gasteiger partial charge in [-0.1, -0.05) is 72.8 Å². The third kappa shape index (κ3) is 13.7. The van der Waals surface area contributed by atoms with Crippen LogP contribution in [-0.4, -0.2) is 47.4 Å². The van der Waals surface area contributed by atoms with E-state index in [0.717, 1.165) is 0 Å². The van der Waals surface area contributed by atoms with Crippen LogP contribution in [0, 0.1) is 65.9 Å². The first-order chi connectivity index (χ1) is 37.1. The van der Waals surface area contributed by atoms with E-state index in [-0.39, 0.29) is 140 Å². The molecule has 3 heterocycles. The van der Waals surface area contributed by atoms with Crippen LogP contribution in [0.25, 0.3) is 32.9 Å². The van der Waals surface area contributed by atoms with E-state index in [1.54, 1.807) is 72.8 Å². The van der Waals surface area contributed by atoms with Crippen LogP contribution < -0.4 is 16.9 Å². The first-order valence-corrected chi connectivity index (χ1v) is 23.6. The molecule has 22 heteroatoms. The average molecular weight is 1200 g/mol. The van der Waals surface area contributed by atoms with Crippen molar-refractivity contribution >= 4 is 67.3 Å². The normalized spacial score (nSPS) is 11.9. The minimum absolute atomic E-state index is 0. The number of nitrogens with zero attached hydrogens (tertiary/aromatic N) is 3. The molecule has 9 aromatic rings. The number of rotatable bonds is 15. The molecule has 3 N–H and O–H groups in total. The second-order valence-electron chi connectivity index (χ2n) is 17.9. The van der Waals surface area contributed by atoms with Crippen LogP contribution in [0.5, 0.6) is 17.2 Å². The van der Waals surface area contributed by atoms with Gasteiger partial charge in [-0.15, -0.1) is 0 Å². The number of Topliss-reactive ketones (excluding diaryl/α,β-unsaturated/α-hetero) is 3. The maximum Gasteiger partial charge on any atom is 0.343 e. The van der Waals surface area contributed by atoms with Crippen LogP contribution in [0.4, 0.5) is 17.1 Å². The van der Waals surface area contributed by atoms with E-state index < -0.39 is 49.4 Å². The fourth-order valence-electron chi connectivity index (χ4n) is 8.87. The summed E-state index contributed by atoms with van der Waals surface area (Å²) in [6.45, 7) is 4.12. The van der Waals surface area contributed by atoms with Crippen molar-refractivity contribution in [2.75, 3.05) is 0 Å². The summed E-state index contributed by atoms with van der Waals surface area (Å²) in [6, 6.07) is 36.2. The molecule has 6 aromatic carbocycles. The van der Waals surface area contributed by atoms with Crippen molar-refractivity contribution in [2.24, 2.45) is 0 Å². The summed E-state index contributed by atoms with van der Waals surface area (Å²) in [5.41, 5.74) is -0.427. The molecular weight excluding hydrogens is 1150 g/mol. The third-order valence-electron chi connectivity index (χ3n) is 12.5. The van der Waals surface area contributed by atoms with Crippen molar-refractivity contribution in [3.8, 4) is 17.2 Å². The van der Waals surface area contributed by atoms with Crippen molar-refractivity contribution in [1.29, 1.82) is 0 Å². The molecule has 0 saturated heterocycles. The molecule has 0 amide bonds. The van der Waals surface area contributed by atoms with Crippen LogP contribution in [0.1, 0.15) is 91.2 Å². The first-order valence-electron chi connectivity index (χ1n) is 23.6. The Morgan fingerprint density at radius 2 is 0.620 bits per heavy atom. The number of hydrogen-bond acceptors (Lipinski definition) is 18. The number of fused-ring (bicyclic) bond motifs is 3. The Morgan fingerprint density at radius 1 is 0.405 bits per heavy atom. The predicted octanol–water partition coefficient (Wildman–Crippen LogP) is 10.6. The maximum absolute atomic E-state index is 12.5. The predicted molar refractivity (Wildman–Crippen MR) is 283 cm³/mol. The number of nitro benzene ring substituents is 3. The van der Waals surface area contributed by atoms with Gasteiger partial charge in [-0.3, -0.25) is 44.7 Å². The molecule has 0 aliphatic carbocycles. The van der Waals surface area contributed by atoms with Gasteiger partial charge >= 0.3 is 16.9 Å². The van der Waals surface area contributed by atoms with Crippen LogP contribution >= 0.6 is 0 Å². The zero-order valence-corrected chi connectivity index (χ0v) is 45.7. The number of benzene rings is 6. The Bertz CT molecular complexity index is 3570. The summed E-state index contributed by atoms with van der Waals surface area (Å²) in [5.74, 6) is -3.64. The third-order valence-corrected chi connectivity index (χ3v) is 12.5. The summed E-state index contributed by atoms with van der Waals surface area (Å²) in [6.07, 6.45) is -0.141. The number of non-ortho nitro benzene ring substituents is 3. The summed E-state index contributed by atoms with van der Waals surface area (Å²) >= 11 is 0. The molecule has 3 unspecified atom stereocenters.